The number of pyridine rings is 1. The minimum atomic E-state index is -0.346. The van der Waals surface area contributed by atoms with Crippen molar-refractivity contribution < 1.29 is 9.50 Å². The molecule has 0 atom stereocenters. The van der Waals surface area contributed by atoms with Crippen LogP contribution in [0.3, 0.4) is 0 Å². The van der Waals surface area contributed by atoms with Gasteiger partial charge in [0.25, 0.3) is 5.56 Å². The number of fused-ring (bicyclic) bond motifs is 1. The van der Waals surface area contributed by atoms with Crippen LogP contribution in [0.5, 0.6) is 0 Å². The molecule has 0 saturated carbocycles. The molecular formula is C17H13ClFNO2. The Hall–Kier alpha value is -2.17. The van der Waals surface area contributed by atoms with Crippen LogP contribution in [0.25, 0.3) is 21.9 Å². The number of aliphatic hydroxyl groups excluding tert-OH is 1. The number of aliphatic hydroxyl groups is 1. The summed E-state index contributed by atoms with van der Waals surface area (Å²) in [5, 5.41) is 11.3. The molecule has 1 aromatic heterocycles. The van der Waals surface area contributed by atoms with Gasteiger partial charge in [0.2, 0.25) is 0 Å². The summed E-state index contributed by atoms with van der Waals surface area (Å²) in [4.78, 5) is 12.4. The molecule has 3 aromatic rings. The highest BCUT2D eigenvalue weighted by atomic mass is 35.5. The maximum absolute atomic E-state index is 13.2. The highest BCUT2D eigenvalue weighted by molar-refractivity contribution is 6.31. The fourth-order valence-electron chi connectivity index (χ4n) is 2.66. The van der Waals surface area contributed by atoms with E-state index in [0.29, 0.717) is 32.6 Å². The van der Waals surface area contributed by atoms with Gasteiger partial charge in [-0.2, -0.15) is 0 Å². The molecule has 0 bridgehead atoms. The Bertz CT molecular complexity index is 917. The van der Waals surface area contributed by atoms with E-state index in [1.807, 2.05) is 0 Å². The largest absolute Gasteiger partial charge is 0.390 e. The molecule has 0 saturated heterocycles. The minimum Gasteiger partial charge on any atom is -0.390 e. The predicted octanol–water partition coefficient (Wildman–Crippen LogP) is 3.49. The smallest absolute Gasteiger partial charge is 0.258 e. The standard InChI is InChI=1S/C17H13ClFNO2/c1-20-15(9-21)16(10-2-5-12(19)6-3-10)14-8-11(18)4-7-13(14)17(20)22/h2-8,21H,9H2,1H3. The highest BCUT2D eigenvalue weighted by Gasteiger charge is 2.16. The van der Waals surface area contributed by atoms with Gasteiger partial charge in [-0.05, 0) is 41.3 Å². The molecule has 0 spiro atoms. The van der Waals surface area contributed by atoms with Gasteiger partial charge in [-0.1, -0.05) is 23.7 Å². The first-order valence-corrected chi connectivity index (χ1v) is 7.08. The van der Waals surface area contributed by atoms with E-state index in [-0.39, 0.29) is 18.0 Å². The van der Waals surface area contributed by atoms with Crippen molar-refractivity contribution in [3.8, 4) is 11.1 Å². The van der Waals surface area contributed by atoms with Crippen molar-refractivity contribution in [1.82, 2.24) is 4.57 Å². The van der Waals surface area contributed by atoms with Crippen LogP contribution in [0.15, 0.2) is 47.3 Å². The molecule has 0 amide bonds. The maximum atomic E-state index is 13.2. The van der Waals surface area contributed by atoms with Gasteiger partial charge in [0.05, 0.1) is 12.3 Å². The lowest BCUT2D eigenvalue weighted by molar-refractivity contribution is 0.272. The van der Waals surface area contributed by atoms with E-state index in [4.69, 9.17) is 11.6 Å². The van der Waals surface area contributed by atoms with E-state index >= 15 is 0 Å². The van der Waals surface area contributed by atoms with Gasteiger partial charge >= 0.3 is 0 Å². The SMILES string of the molecule is Cn1c(CO)c(-c2ccc(F)cc2)c2cc(Cl)ccc2c1=O. The monoisotopic (exact) mass is 317 g/mol. The van der Waals surface area contributed by atoms with Crippen LogP contribution in [0, 0.1) is 5.82 Å². The number of hydrogen-bond donors (Lipinski definition) is 1. The Morgan fingerprint density at radius 3 is 2.45 bits per heavy atom. The minimum absolute atomic E-state index is 0.207. The third-order valence-electron chi connectivity index (χ3n) is 3.76. The summed E-state index contributed by atoms with van der Waals surface area (Å²) >= 11 is 6.06. The first-order chi connectivity index (χ1) is 10.5. The molecule has 0 radical (unpaired) electrons. The summed E-state index contributed by atoms with van der Waals surface area (Å²) in [5.74, 6) is -0.346. The molecule has 0 aliphatic heterocycles. The van der Waals surface area contributed by atoms with Gasteiger partial charge in [-0.15, -0.1) is 0 Å². The Kier molecular flexibility index (Phi) is 3.72. The Labute approximate surface area is 131 Å². The van der Waals surface area contributed by atoms with Crippen molar-refractivity contribution in [2.45, 2.75) is 6.61 Å². The summed E-state index contributed by atoms with van der Waals surface area (Å²) < 4.78 is 14.6. The third-order valence-corrected chi connectivity index (χ3v) is 4.00. The first kappa shape index (κ1) is 14.8. The third kappa shape index (κ3) is 2.30. The quantitative estimate of drug-likeness (QED) is 0.786. The van der Waals surface area contributed by atoms with Gasteiger partial charge < -0.3 is 9.67 Å². The van der Waals surface area contributed by atoms with E-state index < -0.39 is 0 Å². The number of halogens is 2. The number of hydrogen-bond acceptors (Lipinski definition) is 2. The van der Waals surface area contributed by atoms with Crippen LogP contribution < -0.4 is 5.56 Å². The molecule has 3 rings (SSSR count). The van der Waals surface area contributed by atoms with E-state index in [0.717, 1.165) is 0 Å². The van der Waals surface area contributed by atoms with Crippen LogP contribution in [-0.4, -0.2) is 9.67 Å². The summed E-state index contributed by atoms with van der Waals surface area (Å²) in [7, 11) is 1.61. The van der Waals surface area contributed by atoms with Crippen molar-refractivity contribution in [1.29, 1.82) is 0 Å². The van der Waals surface area contributed by atoms with Gasteiger partial charge in [0.15, 0.2) is 0 Å². The summed E-state index contributed by atoms with van der Waals surface area (Å²) in [6.07, 6.45) is 0. The van der Waals surface area contributed by atoms with E-state index in [9.17, 15) is 14.3 Å². The van der Waals surface area contributed by atoms with Crippen LogP contribution in [0.2, 0.25) is 5.02 Å². The fourth-order valence-corrected chi connectivity index (χ4v) is 2.83. The van der Waals surface area contributed by atoms with Crippen molar-refractivity contribution in [3.63, 3.8) is 0 Å². The zero-order chi connectivity index (χ0) is 15.9. The molecular weight excluding hydrogens is 305 g/mol. The predicted molar refractivity (Wildman–Crippen MR) is 85.5 cm³/mol. The van der Waals surface area contributed by atoms with E-state index in [1.165, 1.54) is 16.7 Å². The summed E-state index contributed by atoms with van der Waals surface area (Å²) in [6, 6.07) is 10.9. The number of rotatable bonds is 2. The van der Waals surface area contributed by atoms with Crippen LogP contribution in [-0.2, 0) is 13.7 Å². The maximum Gasteiger partial charge on any atom is 0.258 e. The lowest BCUT2D eigenvalue weighted by atomic mass is 9.97. The first-order valence-electron chi connectivity index (χ1n) is 6.71. The number of aromatic nitrogens is 1. The molecule has 112 valence electrons. The zero-order valence-electron chi connectivity index (χ0n) is 11.8. The number of benzene rings is 2. The average Bonchev–Trinajstić information content (AvgIpc) is 2.51. The Morgan fingerprint density at radius 2 is 1.82 bits per heavy atom. The molecule has 0 aliphatic rings. The lowest BCUT2D eigenvalue weighted by Crippen LogP contribution is -2.22. The van der Waals surface area contributed by atoms with Crippen molar-refractivity contribution in [3.05, 3.63) is 69.4 Å². The zero-order valence-corrected chi connectivity index (χ0v) is 12.6. The lowest BCUT2D eigenvalue weighted by Gasteiger charge is -2.16. The molecule has 1 heterocycles. The van der Waals surface area contributed by atoms with Gasteiger partial charge in [0, 0.05) is 23.0 Å². The number of nitrogens with zero attached hydrogens (tertiary/aromatic N) is 1. The summed E-state index contributed by atoms with van der Waals surface area (Å²) in [5.41, 5.74) is 1.66. The molecule has 0 unspecified atom stereocenters. The van der Waals surface area contributed by atoms with Crippen LogP contribution >= 0.6 is 11.6 Å². The highest BCUT2D eigenvalue weighted by Crippen LogP contribution is 2.32. The second kappa shape index (κ2) is 5.55. The van der Waals surface area contributed by atoms with Crippen LogP contribution in [0.1, 0.15) is 5.69 Å². The topological polar surface area (TPSA) is 42.2 Å². The fraction of sp³-hybridized carbons (Fsp3) is 0.118. The van der Waals surface area contributed by atoms with Gasteiger partial charge in [-0.25, -0.2) is 4.39 Å². The average molecular weight is 318 g/mol. The molecule has 1 N–H and O–H groups in total. The molecule has 0 aliphatic carbocycles. The molecule has 3 nitrogen and oxygen atoms in total. The van der Waals surface area contributed by atoms with Gasteiger partial charge in [0.1, 0.15) is 5.82 Å². The Balaban J connectivity index is 2.50. The molecule has 2 aromatic carbocycles. The summed E-state index contributed by atoms with van der Waals surface area (Å²) in [6.45, 7) is -0.305. The molecule has 5 heteroatoms. The van der Waals surface area contributed by atoms with Crippen LogP contribution in [0.4, 0.5) is 4.39 Å². The second-order valence-electron chi connectivity index (χ2n) is 5.04. The van der Waals surface area contributed by atoms with E-state index in [2.05, 4.69) is 0 Å². The molecule has 0 fully saturated rings. The van der Waals surface area contributed by atoms with Crippen molar-refractivity contribution in [2.75, 3.05) is 0 Å². The van der Waals surface area contributed by atoms with Crippen molar-refractivity contribution in [2.24, 2.45) is 7.05 Å². The normalized spacial score (nSPS) is 11.1. The van der Waals surface area contributed by atoms with E-state index in [1.54, 1.807) is 37.4 Å². The van der Waals surface area contributed by atoms with Crippen molar-refractivity contribution >= 4 is 22.4 Å². The Morgan fingerprint density at radius 1 is 1.14 bits per heavy atom. The second-order valence-corrected chi connectivity index (χ2v) is 5.48. The molecule has 22 heavy (non-hydrogen) atoms. The van der Waals surface area contributed by atoms with Gasteiger partial charge in [-0.3, -0.25) is 4.79 Å².